The standard InChI is InChI=1S/C21H24N4O3/c1-13-6-7-15(10-14(13)2)24-21-22-9-8-19(25-21)23-16-11-17(26-3)20(28-5)18(12-16)27-4/h6-12H,1-5H3,(H2,22,23,24,25). The summed E-state index contributed by atoms with van der Waals surface area (Å²) in [4.78, 5) is 8.81. The van der Waals surface area contributed by atoms with Crippen molar-refractivity contribution >= 4 is 23.1 Å². The number of rotatable bonds is 7. The van der Waals surface area contributed by atoms with E-state index in [1.54, 1.807) is 33.6 Å². The number of aryl methyl sites for hydroxylation is 2. The number of hydrogen-bond donors (Lipinski definition) is 2. The van der Waals surface area contributed by atoms with Gasteiger partial charge in [0.05, 0.1) is 21.3 Å². The van der Waals surface area contributed by atoms with Crippen LogP contribution in [0.3, 0.4) is 0 Å². The molecule has 0 aliphatic heterocycles. The van der Waals surface area contributed by atoms with E-state index < -0.39 is 0 Å². The van der Waals surface area contributed by atoms with Crippen LogP contribution >= 0.6 is 0 Å². The van der Waals surface area contributed by atoms with Gasteiger partial charge in [0, 0.05) is 29.7 Å². The molecule has 1 aromatic heterocycles. The molecule has 0 saturated carbocycles. The van der Waals surface area contributed by atoms with Crippen LogP contribution in [0.25, 0.3) is 0 Å². The summed E-state index contributed by atoms with van der Waals surface area (Å²) in [5.74, 6) is 2.80. The molecule has 28 heavy (non-hydrogen) atoms. The number of methoxy groups -OCH3 is 3. The monoisotopic (exact) mass is 380 g/mol. The summed E-state index contributed by atoms with van der Waals surface area (Å²) in [5, 5.41) is 6.47. The third-order valence-electron chi connectivity index (χ3n) is 4.36. The van der Waals surface area contributed by atoms with Crippen LogP contribution in [0.5, 0.6) is 17.2 Å². The largest absolute Gasteiger partial charge is 0.493 e. The molecular formula is C21H24N4O3. The third kappa shape index (κ3) is 4.25. The Kier molecular flexibility index (Phi) is 5.84. The molecule has 3 aromatic rings. The van der Waals surface area contributed by atoms with Crippen LogP contribution in [0.15, 0.2) is 42.6 Å². The molecule has 0 fully saturated rings. The van der Waals surface area contributed by atoms with Crippen molar-refractivity contribution in [1.29, 1.82) is 0 Å². The number of nitrogens with zero attached hydrogens (tertiary/aromatic N) is 2. The maximum atomic E-state index is 5.39. The van der Waals surface area contributed by atoms with Gasteiger partial charge in [-0.1, -0.05) is 6.07 Å². The summed E-state index contributed by atoms with van der Waals surface area (Å²) in [7, 11) is 4.73. The van der Waals surface area contributed by atoms with Gasteiger partial charge in [0.2, 0.25) is 11.7 Å². The van der Waals surface area contributed by atoms with Gasteiger partial charge in [0.25, 0.3) is 0 Å². The smallest absolute Gasteiger partial charge is 0.229 e. The predicted octanol–water partition coefficient (Wildman–Crippen LogP) is 4.61. The molecule has 3 rings (SSSR count). The van der Waals surface area contributed by atoms with Gasteiger partial charge in [-0.25, -0.2) is 4.98 Å². The molecule has 0 radical (unpaired) electrons. The number of nitrogens with one attached hydrogen (secondary N) is 2. The lowest BCUT2D eigenvalue weighted by Crippen LogP contribution is -2.02. The molecule has 2 aromatic carbocycles. The number of aromatic nitrogens is 2. The summed E-state index contributed by atoms with van der Waals surface area (Å²) in [6.07, 6.45) is 1.69. The highest BCUT2D eigenvalue weighted by Gasteiger charge is 2.13. The van der Waals surface area contributed by atoms with Crippen LogP contribution in [0.2, 0.25) is 0 Å². The van der Waals surface area contributed by atoms with Gasteiger partial charge in [0.1, 0.15) is 5.82 Å². The van der Waals surface area contributed by atoms with Crippen molar-refractivity contribution in [2.24, 2.45) is 0 Å². The Bertz CT molecular complexity index is 951. The Hall–Kier alpha value is -3.48. The van der Waals surface area contributed by atoms with E-state index in [0.29, 0.717) is 29.0 Å². The Morgan fingerprint density at radius 2 is 1.46 bits per heavy atom. The quantitative estimate of drug-likeness (QED) is 0.620. The molecule has 2 N–H and O–H groups in total. The van der Waals surface area contributed by atoms with Crippen molar-refractivity contribution in [2.75, 3.05) is 32.0 Å². The second kappa shape index (κ2) is 8.47. The minimum atomic E-state index is 0.501. The normalized spacial score (nSPS) is 10.3. The van der Waals surface area contributed by atoms with E-state index in [1.807, 2.05) is 18.2 Å². The molecule has 0 saturated heterocycles. The molecule has 7 nitrogen and oxygen atoms in total. The molecule has 7 heteroatoms. The molecule has 146 valence electrons. The van der Waals surface area contributed by atoms with Crippen molar-refractivity contribution in [3.63, 3.8) is 0 Å². The molecule has 0 aliphatic rings. The van der Waals surface area contributed by atoms with E-state index in [-0.39, 0.29) is 0 Å². The average Bonchev–Trinajstić information content (AvgIpc) is 2.70. The van der Waals surface area contributed by atoms with Gasteiger partial charge in [-0.15, -0.1) is 0 Å². The SMILES string of the molecule is COc1cc(Nc2ccnc(Nc3ccc(C)c(C)c3)n2)cc(OC)c1OC. The van der Waals surface area contributed by atoms with Crippen molar-refractivity contribution in [1.82, 2.24) is 9.97 Å². The van der Waals surface area contributed by atoms with Gasteiger partial charge >= 0.3 is 0 Å². The second-order valence-corrected chi connectivity index (χ2v) is 6.23. The molecule has 1 heterocycles. The van der Waals surface area contributed by atoms with Gasteiger partial charge in [-0.3, -0.25) is 0 Å². The fourth-order valence-electron chi connectivity index (χ4n) is 2.74. The van der Waals surface area contributed by atoms with Gasteiger partial charge in [0.15, 0.2) is 11.5 Å². The Balaban J connectivity index is 1.83. The minimum absolute atomic E-state index is 0.501. The molecular weight excluding hydrogens is 356 g/mol. The number of ether oxygens (including phenoxy) is 3. The third-order valence-corrected chi connectivity index (χ3v) is 4.36. The topological polar surface area (TPSA) is 77.5 Å². The summed E-state index contributed by atoms with van der Waals surface area (Å²) in [5.41, 5.74) is 4.14. The van der Waals surface area contributed by atoms with E-state index in [4.69, 9.17) is 14.2 Å². The van der Waals surface area contributed by atoms with Gasteiger partial charge in [-0.2, -0.15) is 4.98 Å². The average molecular weight is 380 g/mol. The summed E-state index contributed by atoms with van der Waals surface area (Å²) in [6, 6.07) is 11.6. The van der Waals surface area contributed by atoms with Gasteiger partial charge in [-0.05, 0) is 43.2 Å². The lowest BCUT2D eigenvalue weighted by Gasteiger charge is -2.15. The lowest BCUT2D eigenvalue weighted by atomic mass is 10.1. The fourth-order valence-corrected chi connectivity index (χ4v) is 2.74. The minimum Gasteiger partial charge on any atom is -0.493 e. The molecule has 0 atom stereocenters. The highest BCUT2D eigenvalue weighted by Crippen LogP contribution is 2.40. The maximum absolute atomic E-state index is 5.39. The molecule has 0 bridgehead atoms. The van der Waals surface area contributed by atoms with Crippen LogP contribution in [0.4, 0.5) is 23.1 Å². The lowest BCUT2D eigenvalue weighted by molar-refractivity contribution is 0.324. The number of hydrogen-bond acceptors (Lipinski definition) is 7. The predicted molar refractivity (Wildman–Crippen MR) is 111 cm³/mol. The first-order valence-corrected chi connectivity index (χ1v) is 8.78. The Labute approximate surface area is 164 Å². The summed E-state index contributed by atoms with van der Waals surface area (Å²) < 4.78 is 16.1. The second-order valence-electron chi connectivity index (χ2n) is 6.23. The summed E-state index contributed by atoms with van der Waals surface area (Å²) in [6.45, 7) is 4.15. The van der Waals surface area contributed by atoms with E-state index in [1.165, 1.54) is 11.1 Å². The van der Waals surface area contributed by atoms with Crippen molar-refractivity contribution in [3.05, 3.63) is 53.7 Å². The molecule has 0 amide bonds. The zero-order chi connectivity index (χ0) is 20.1. The number of benzene rings is 2. The zero-order valence-corrected chi connectivity index (χ0v) is 16.7. The van der Waals surface area contributed by atoms with Crippen LogP contribution in [0.1, 0.15) is 11.1 Å². The zero-order valence-electron chi connectivity index (χ0n) is 16.7. The Morgan fingerprint density at radius 3 is 2.07 bits per heavy atom. The van der Waals surface area contributed by atoms with Crippen molar-refractivity contribution in [2.45, 2.75) is 13.8 Å². The van der Waals surface area contributed by atoms with Crippen LogP contribution in [0, 0.1) is 13.8 Å². The van der Waals surface area contributed by atoms with E-state index >= 15 is 0 Å². The van der Waals surface area contributed by atoms with Crippen LogP contribution in [-0.2, 0) is 0 Å². The number of anilines is 4. The van der Waals surface area contributed by atoms with E-state index in [0.717, 1.165) is 11.4 Å². The maximum Gasteiger partial charge on any atom is 0.229 e. The first-order chi connectivity index (χ1) is 13.5. The highest BCUT2D eigenvalue weighted by atomic mass is 16.5. The van der Waals surface area contributed by atoms with Crippen molar-refractivity contribution in [3.8, 4) is 17.2 Å². The molecule has 0 unspecified atom stereocenters. The van der Waals surface area contributed by atoms with Crippen LogP contribution < -0.4 is 24.8 Å². The first kappa shape index (κ1) is 19.3. The van der Waals surface area contributed by atoms with Crippen LogP contribution in [-0.4, -0.2) is 31.3 Å². The first-order valence-electron chi connectivity index (χ1n) is 8.78. The summed E-state index contributed by atoms with van der Waals surface area (Å²) >= 11 is 0. The molecule has 0 spiro atoms. The van der Waals surface area contributed by atoms with Gasteiger partial charge < -0.3 is 24.8 Å². The fraction of sp³-hybridized carbons (Fsp3) is 0.238. The van der Waals surface area contributed by atoms with Crippen molar-refractivity contribution < 1.29 is 14.2 Å². The van der Waals surface area contributed by atoms with E-state index in [9.17, 15) is 0 Å². The van der Waals surface area contributed by atoms with E-state index in [2.05, 4.69) is 46.6 Å². The highest BCUT2D eigenvalue weighted by molar-refractivity contribution is 5.67. The molecule has 0 aliphatic carbocycles. The Morgan fingerprint density at radius 1 is 0.750 bits per heavy atom.